The van der Waals surface area contributed by atoms with E-state index in [0.717, 1.165) is 37.6 Å². The van der Waals surface area contributed by atoms with Crippen molar-refractivity contribution in [3.63, 3.8) is 0 Å². The fourth-order valence-electron chi connectivity index (χ4n) is 2.10. The molecule has 1 aromatic heterocycles. The van der Waals surface area contributed by atoms with E-state index in [1.165, 1.54) is 0 Å². The maximum atomic E-state index is 12.0. The predicted molar refractivity (Wildman–Crippen MR) is 83.3 cm³/mol. The molecule has 0 radical (unpaired) electrons. The lowest BCUT2D eigenvalue weighted by atomic mass is 10.3. The molecule has 0 unspecified atom stereocenters. The van der Waals surface area contributed by atoms with Crippen LogP contribution in [-0.4, -0.2) is 61.2 Å². The van der Waals surface area contributed by atoms with E-state index in [9.17, 15) is 9.59 Å². The van der Waals surface area contributed by atoms with Gasteiger partial charge in [-0.3, -0.25) is 9.69 Å². The SMILES string of the molecule is CCOC(=O)c1sc(NC(=O)CCN2CCOCC2)nc1C. The van der Waals surface area contributed by atoms with Crippen LogP contribution in [0.3, 0.4) is 0 Å². The number of amides is 1. The highest BCUT2D eigenvalue weighted by Crippen LogP contribution is 2.23. The normalized spacial score (nSPS) is 15.5. The van der Waals surface area contributed by atoms with Crippen LogP contribution in [0.1, 0.15) is 28.7 Å². The fraction of sp³-hybridized carbons (Fsp3) is 0.643. The molecule has 2 rings (SSSR count). The van der Waals surface area contributed by atoms with Crippen LogP contribution in [0.2, 0.25) is 0 Å². The maximum Gasteiger partial charge on any atom is 0.350 e. The third-order valence-electron chi connectivity index (χ3n) is 3.26. The molecule has 0 bridgehead atoms. The van der Waals surface area contributed by atoms with Crippen molar-refractivity contribution in [1.82, 2.24) is 9.88 Å². The first-order valence-corrected chi connectivity index (χ1v) is 8.16. The number of morpholine rings is 1. The molecule has 1 aromatic rings. The predicted octanol–water partition coefficient (Wildman–Crippen LogP) is 1.29. The number of esters is 1. The van der Waals surface area contributed by atoms with Gasteiger partial charge in [0.2, 0.25) is 5.91 Å². The number of hydrogen-bond donors (Lipinski definition) is 1. The number of nitrogens with zero attached hydrogens (tertiary/aromatic N) is 2. The van der Waals surface area contributed by atoms with Gasteiger partial charge >= 0.3 is 5.97 Å². The highest BCUT2D eigenvalue weighted by atomic mass is 32.1. The van der Waals surface area contributed by atoms with Crippen molar-refractivity contribution in [3.8, 4) is 0 Å². The highest BCUT2D eigenvalue weighted by Gasteiger charge is 2.18. The van der Waals surface area contributed by atoms with Gasteiger partial charge in [-0.1, -0.05) is 11.3 Å². The van der Waals surface area contributed by atoms with E-state index in [2.05, 4.69) is 15.2 Å². The summed E-state index contributed by atoms with van der Waals surface area (Å²) in [5, 5.41) is 3.18. The Morgan fingerprint density at radius 2 is 2.14 bits per heavy atom. The van der Waals surface area contributed by atoms with Crippen molar-refractivity contribution in [1.29, 1.82) is 0 Å². The molecule has 2 heterocycles. The zero-order chi connectivity index (χ0) is 15.9. The van der Waals surface area contributed by atoms with Crippen LogP contribution in [0.4, 0.5) is 5.13 Å². The fourth-order valence-corrected chi connectivity index (χ4v) is 2.98. The van der Waals surface area contributed by atoms with Crippen LogP contribution in [0.15, 0.2) is 0 Å². The molecule has 7 nitrogen and oxygen atoms in total. The summed E-state index contributed by atoms with van der Waals surface area (Å²) < 4.78 is 10.2. The standard InChI is InChI=1S/C14H21N3O4S/c1-3-21-13(19)12-10(2)15-14(22-12)16-11(18)4-5-17-6-8-20-9-7-17/h3-9H2,1-2H3,(H,15,16,18). The number of thiazole rings is 1. The summed E-state index contributed by atoms with van der Waals surface area (Å²) in [6, 6.07) is 0. The number of hydrogen-bond acceptors (Lipinski definition) is 7. The van der Waals surface area contributed by atoms with E-state index < -0.39 is 5.97 Å². The lowest BCUT2D eigenvalue weighted by molar-refractivity contribution is -0.116. The van der Waals surface area contributed by atoms with Crippen LogP contribution >= 0.6 is 11.3 Å². The van der Waals surface area contributed by atoms with Crippen molar-refractivity contribution in [2.24, 2.45) is 0 Å². The maximum absolute atomic E-state index is 12.0. The van der Waals surface area contributed by atoms with E-state index >= 15 is 0 Å². The van der Waals surface area contributed by atoms with E-state index in [0.29, 0.717) is 35.3 Å². The smallest absolute Gasteiger partial charge is 0.350 e. The number of nitrogens with one attached hydrogen (secondary N) is 1. The van der Waals surface area contributed by atoms with Crippen molar-refractivity contribution in [3.05, 3.63) is 10.6 Å². The van der Waals surface area contributed by atoms with Crippen LogP contribution < -0.4 is 5.32 Å². The topological polar surface area (TPSA) is 80.8 Å². The van der Waals surface area contributed by atoms with E-state index in [-0.39, 0.29) is 5.91 Å². The second kappa shape index (κ2) is 8.21. The molecule has 0 saturated carbocycles. The molecule has 22 heavy (non-hydrogen) atoms. The first kappa shape index (κ1) is 16.9. The minimum absolute atomic E-state index is 0.101. The summed E-state index contributed by atoms with van der Waals surface area (Å²) >= 11 is 1.15. The number of aryl methyl sites for hydroxylation is 1. The molecular weight excluding hydrogens is 306 g/mol. The Morgan fingerprint density at radius 3 is 2.82 bits per heavy atom. The molecule has 0 aromatic carbocycles. The number of anilines is 1. The molecule has 1 saturated heterocycles. The summed E-state index contributed by atoms with van der Waals surface area (Å²) in [5.41, 5.74) is 0.576. The quantitative estimate of drug-likeness (QED) is 0.793. The van der Waals surface area contributed by atoms with Gasteiger partial charge in [-0.25, -0.2) is 9.78 Å². The summed E-state index contributed by atoms with van der Waals surface area (Å²) in [7, 11) is 0. The van der Waals surface area contributed by atoms with Gasteiger partial charge in [0.05, 0.1) is 25.5 Å². The molecule has 122 valence electrons. The third kappa shape index (κ3) is 4.75. The van der Waals surface area contributed by atoms with Crippen LogP contribution in [0.5, 0.6) is 0 Å². The zero-order valence-electron chi connectivity index (χ0n) is 12.9. The van der Waals surface area contributed by atoms with E-state index in [4.69, 9.17) is 9.47 Å². The molecule has 8 heteroatoms. The Kier molecular flexibility index (Phi) is 6.29. The Bertz CT molecular complexity index is 526. The Hall–Kier alpha value is -1.51. The minimum atomic E-state index is -0.397. The van der Waals surface area contributed by atoms with Gasteiger partial charge < -0.3 is 14.8 Å². The Balaban J connectivity index is 1.83. The van der Waals surface area contributed by atoms with E-state index in [1.54, 1.807) is 13.8 Å². The summed E-state index contributed by atoms with van der Waals surface area (Å²) in [6.07, 6.45) is 0.396. The monoisotopic (exact) mass is 327 g/mol. The summed E-state index contributed by atoms with van der Waals surface area (Å²) in [6.45, 7) is 7.65. The zero-order valence-corrected chi connectivity index (χ0v) is 13.7. The molecule has 0 spiro atoms. The van der Waals surface area contributed by atoms with Gasteiger partial charge in [0.25, 0.3) is 0 Å². The molecule has 1 amide bonds. The first-order valence-electron chi connectivity index (χ1n) is 7.34. The molecule has 1 aliphatic heterocycles. The van der Waals surface area contributed by atoms with Gasteiger partial charge in [0.1, 0.15) is 4.88 Å². The molecule has 0 atom stereocenters. The van der Waals surface area contributed by atoms with Gasteiger partial charge in [-0.05, 0) is 13.8 Å². The van der Waals surface area contributed by atoms with Gasteiger partial charge in [0, 0.05) is 26.1 Å². The minimum Gasteiger partial charge on any atom is -0.462 e. The second-order valence-corrected chi connectivity index (χ2v) is 5.91. The number of aromatic nitrogens is 1. The van der Waals surface area contributed by atoms with Gasteiger partial charge in [-0.2, -0.15) is 0 Å². The lowest BCUT2D eigenvalue weighted by Gasteiger charge is -2.26. The van der Waals surface area contributed by atoms with Gasteiger partial charge in [0.15, 0.2) is 5.13 Å². The van der Waals surface area contributed by atoms with Crippen LogP contribution in [0, 0.1) is 6.92 Å². The second-order valence-electron chi connectivity index (χ2n) is 4.91. The number of rotatable bonds is 6. The average Bonchev–Trinajstić information content (AvgIpc) is 2.87. The lowest BCUT2D eigenvalue weighted by Crippen LogP contribution is -2.38. The van der Waals surface area contributed by atoms with Gasteiger partial charge in [-0.15, -0.1) is 0 Å². The Labute approximate surface area is 133 Å². The number of ether oxygens (including phenoxy) is 2. The molecule has 1 aliphatic rings. The van der Waals surface area contributed by atoms with E-state index in [1.807, 2.05) is 0 Å². The summed E-state index contributed by atoms with van der Waals surface area (Å²) in [4.78, 5) is 30.5. The third-order valence-corrected chi connectivity index (χ3v) is 4.32. The van der Waals surface area contributed by atoms with Crippen LogP contribution in [-0.2, 0) is 14.3 Å². The first-order chi connectivity index (χ1) is 10.6. The molecule has 0 aliphatic carbocycles. The Morgan fingerprint density at radius 1 is 1.41 bits per heavy atom. The van der Waals surface area contributed by atoms with Crippen molar-refractivity contribution in [2.45, 2.75) is 20.3 Å². The van der Waals surface area contributed by atoms with Crippen molar-refractivity contribution in [2.75, 3.05) is 44.8 Å². The van der Waals surface area contributed by atoms with Crippen molar-refractivity contribution >= 4 is 28.3 Å². The average molecular weight is 327 g/mol. The largest absolute Gasteiger partial charge is 0.462 e. The summed E-state index contributed by atoms with van der Waals surface area (Å²) in [5.74, 6) is -0.498. The molecule has 1 fully saturated rings. The molecule has 1 N–H and O–H groups in total. The van der Waals surface area contributed by atoms with Crippen LogP contribution in [0.25, 0.3) is 0 Å². The highest BCUT2D eigenvalue weighted by molar-refractivity contribution is 7.17. The number of carbonyl (C=O) groups excluding carboxylic acids is 2. The number of carbonyl (C=O) groups is 2. The van der Waals surface area contributed by atoms with Crippen molar-refractivity contribution < 1.29 is 19.1 Å². The molecular formula is C14H21N3O4S.